The Bertz CT molecular complexity index is 1710. The molecule has 0 aromatic heterocycles. The highest BCUT2D eigenvalue weighted by atomic mass is 19.3. The number of alkyl halides is 2. The summed E-state index contributed by atoms with van der Waals surface area (Å²) < 4.78 is 177. The molecule has 15 heteroatoms. The molecule has 5 rings (SSSR count). The first kappa shape index (κ1) is 25.8. The third-order valence-electron chi connectivity index (χ3n) is 5.97. The molecule has 0 saturated heterocycles. The van der Waals surface area contributed by atoms with Crippen molar-refractivity contribution >= 4 is 23.4 Å². The first-order valence-electron chi connectivity index (χ1n) is 10.1. The highest BCUT2D eigenvalue weighted by Crippen LogP contribution is 2.54. The molecule has 4 aromatic rings. The van der Waals surface area contributed by atoms with Crippen molar-refractivity contribution in [1.29, 1.82) is 0 Å². The summed E-state index contributed by atoms with van der Waals surface area (Å²) in [6.45, 7) is 0. The van der Waals surface area contributed by atoms with Crippen molar-refractivity contribution in [2.45, 2.75) is 5.92 Å². The summed E-state index contributed by atoms with van der Waals surface area (Å²) in [5.74, 6) is -28.9. The molecular formula is C23H5BF12O2. The fraction of sp³-hybridized carbons (Fsp3) is 0.0435. The zero-order chi connectivity index (χ0) is 28.0. The van der Waals surface area contributed by atoms with Crippen LogP contribution in [-0.2, 0) is 5.92 Å². The summed E-state index contributed by atoms with van der Waals surface area (Å²) in [7, 11) is -3.11. The first-order valence-corrected chi connectivity index (χ1v) is 10.1. The van der Waals surface area contributed by atoms with Crippen LogP contribution in [0.1, 0.15) is 11.1 Å². The van der Waals surface area contributed by atoms with Gasteiger partial charge in [0.2, 0.25) is 0 Å². The van der Waals surface area contributed by atoms with Gasteiger partial charge in [-0.2, -0.15) is 8.78 Å². The molecule has 0 amide bonds. The molecule has 38 heavy (non-hydrogen) atoms. The molecule has 196 valence electrons. The molecule has 1 aliphatic carbocycles. The second-order valence-corrected chi connectivity index (χ2v) is 7.99. The Balaban J connectivity index is 1.77. The van der Waals surface area contributed by atoms with Crippen molar-refractivity contribution in [3.8, 4) is 16.9 Å². The number of hydrogen-bond acceptors (Lipinski definition) is 2. The fourth-order valence-electron chi connectivity index (χ4n) is 4.35. The van der Waals surface area contributed by atoms with Gasteiger partial charge in [-0.15, -0.1) is 0 Å². The largest absolute Gasteiger partial charge is 0.563 e. The number of hydrogen-bond donors (Lipinski definition) is 1. The van der Waals surface area contributed by atoms with Crippen molar-refractivity contribution < 1.29 is 62.4 Å². The van der Waals surface area contributed by atoms with Crippen molar-refractivity contribution in [3.05, 3.63) is 93.6 Å². The van der Waals surface area contributed by atoms with Crippen LogP contribution in [0.3, 0.4) is 0 Å². The Hall–Kier alpha value is -3.88. The lowest BCUT2D eigenvalue weighted by Gasteiger charge is -2.20. The lowest BCUT2D eigenvalue weighted by molar-refractivity contribution is 0.0432. The molecule has 0 aliphatic heterocycles. The Labute approximate surface area is 202 Å². The topological polar surface area (TPSA) is 29.5 Å². The summed E-state index contributed by atoms with van der Waals surface area (Å²) in [4.78, 5) is 0. The Morgan fingerprint density at radius 3 is 1.74 bits per heavy atom. The predicted octanol–water partition coefficient (Wildman–Crippen LogP) is 6.12. The predicted molar refractivity (Wildman–Crippen MR) is 107 cm³/mol. The quantitative estimate of drug-likeness (QED) is 0.144. The van der Waals surface area contributed by atoms with Gasteiger partial charge in [0.1, 0.15) is 11.6 Å². The van der Waals surface area contributed by atoms with Crippen LogP contribution < -0.4 is 10.1 Å². The van der Waals surface area contributed by atoms with Crippen LogP contribution >= 0.6 is 0 Å². The minimum absolute atomic E-state index is 0.472. The van der Waals surface area contributed by atoms with Crippen LogP contribution in [0.2, 0.25) is 0 Å². The van der Waals surface area contributed by atoms with E-state index in [2.05, 4.69) is 0 Å². The van der Waals surface area contributed by atoms with E-state index in [4.69, 9.17) is 4.65 Å². The molecule has 0 unspecified atom stereocenters. The molecule has 0 bridgehead atoms. The number of fused-ring (bicyclic) bond motifs is 4. The molecule has 0 saturated carbocycles. The summed E-state index contributed by atoms with van der Waals surface area (Å²) >= 11 is 0. The van der Waals surface area contributed by atoms with E-state index >= 15 is 8.78 Å². The highest BCUT2D eigenvalue weighted by molar-refractivity contribution is 6.62. The van der Waals surface area contributed by atoms with Crippen LogP contribution in [0.25, 0.3) is 21.9 Å². The van der Waals surface area contributed by atoms with Crippen LogP contribution in [0.15, 0.2) is 24.3 Å². The van der Waals surface area contributed by atoms with Gasteiger partial charge in [-0.3, -0.25) is 0 Å². The van der Waals surface area contributed by atoms with Crippen LogP contribution in [0.4, 0.5) is 52.7 Å². The molecule has 1 N–H and O–H groups in total. The monoisotopic (exact) mass is 552 g/mol. The van der Waals surface area contributed by atoms with Gasteiger partial charge in [0, 0.05) is 27.5 Å². The van der Waals surface area contributed by atoms with E-state index in [1.807, 2.05) is 0 Å². The smallest absolute Gasteiger partial charge is 0.532 e. The van der Waals surface area contributed by atoms with E-state index in [0.29, 0.717) is 24.3 Å². The van der Waals surface area contributed by atoms with Crippen molar-refractivity contribution in [2.24, 2.45) is 0 Å². The SMILES string of the molecule is OB(Oc1ccc(F)c2c(F)c(F)ccc12)c1c(F)c(F)c(F)c2c1C(F)(F)c1c(F)c(F)c(F)c(F)c1-2. The molecule has 0 atom stereocenters. The standard InChI is InChI=1S/C23H5BF12O2/c25-6-3-4-8(5-1-2-7(26)15(27)9(5)6)38-24(37)14-12-10(16(28)20(32)19(14)31)11-13(23(12,35)36)18(30)22(34)21(33)17(11)29/h1-4,37H. The molecule has 1 aliphatic rings. The number of benzene rings is 4. The Morgan fingerprint density at radius 1 is 0.579 bits per heavy atom. The Kier molecular flexibility index (Phi) is 5.64. The van der Waals surface area contributed by atoms with Gasteiger partial charge in [-0.05, 0) is 24.3 Å². The van der Waals surface area contributed by atoms with Crippen molar-refractivity contribution in [3.63, 3.8) is 0 Å². The van der Waals surface area contributed by atoms with E-state index in [1.54, 1.807) is 0 Å². The molecule has 0 heterocycles. The third kappa shape index (κ3) is 3.23. The zero-order valence-corrected chi connectivity index (χ0v) is 17.8. The van der Waals surface area contributed by atoms with E-state index < -0.39 is 115 Å². The minimum atomic E-state index is -5.10. The van der Waals surface area contributed by atoms with Crippen molar-refractivity contribution in [2.75, 3.05) is 0 Å². The van der Waals surface area contributed by atoms with Crippen LogP contribution in [0, 0.1) is 58.2 Å². The maximum absolute atomic E-state index is 15.3. The number of halogens is 12. The van der Waals surface area contributed by atoms with Crippen molar-refractivity contribution in [1.82, 2.24) is 0 Å². The molecule has 2 nitrogen and oxygen atoms in total. The fourth-order valence-corrected chi connectivity index (χ4v) is 4.35. The van der Waals surface area contributed by atoms with E-state index in [1.165, 1.54) is 0 Å². The molecule has 4 aromatic carbocycles. The average Bonchev–Trinajstić information content (AvgIpc) is 3.11. The average molecular weight is 552 g/mol. The van der Waals surface area contributed by atoms with Gasteiger partial charge in [0.05, 0.1) is 10.9 Å². The Morgan fingerprint density at radius 2 is 1.11 bits per heavy atom. The lowest BCUT2D eigenvalue weighted by Crippen LogP contribution is -2.44. The summed E-state index contributed by atoms with van der Waals surface area (Å²) in [5.41, 5.74) is -10.3. The second-order valence-electron chi connectivity index (χ2n) is 7.99. The van der Waals surface area contributed by atoms with Gasteiger partial charge in [0.15, 0.2) is 52.4 Å². The summed E-state index contributed by atoms with van der Waals surface area (Å²) in [6.07, 6.45) is 0. The van der Waals surface area contributed by atoms with Gasteiger partial charge >= 0.3 is 13.0 Å². The second kappa shape index (κ2) is 8.31. The number of rotatable bonds is 3. The molecular weight excluding hydrogens is 547 g/mol. The van der Waals surface area contributed by atoms with Gasteiger partial charge < -0.3 is 9.68 Å². The van der Waals surface area contributed by atoms with E-state index in [-0.39, 0.29) is 0 Å². The van der Waals surface area contributed by atoms with Crippen LogP contribution in [-0.4, -0.2) is 12.1 Å². The van der Waals surface area contributed by atoms with Gasteiger partial charge in [-0.1, -0.05) is 0 Å². The molecule has 0 radical (unpaired) electrons. The highest BCUT2D eigenvalue weighted by Gasteiger charge is 2.56. The minimum Gasteiger partial charge on any atom is -0.532 e. The summed E-state index contributed by atoms with van der Waals surface area (Å²) in [6, 6.07) is 2.31. The summed E-state index contributed by atoms with van der Waals surface area (Å²) in [5, 5.41) is 8.77. The molecule has 0 spiro atoms. The molecule has 0 fully saturated rings. The van der Waals surface area contributed by atoms with Gasteiger partial charge in [-0.25, -0.2) is 43.9 Å². The van der Waals surface area contributed by atoms with E-state index in [0.717, 1.165) is 0 Å². The normalized spacial score (nSPS) is 13.6. The third-order valence-corrected chi connectivity index (χ3v) is 5.97. The maximum atomic E-state index is 15.3. The first-order chi connectivity index (χ1) is 17.7. The van der Waals surface area contributed by atoms with Crippen LogP contribution in [0.5, 0.6) is 5.75 Å². The zero-order valence-electron chi connectivity index (χ0n) is 17.8. The lowest BCUT2D eigenvalue weighted by atomic mass is 9.73. The van der Waals surface area contributed by atoms with E-state index in [9.17, 15) is 48.9 Å². The maximum Gasteiger partial charge on any atom is 0.563 e. The van der Waals surface area contributed by atoms with Gasteiger partial charge in [0.25, 0.3) is 0 Å².